The molecule has 0 bridgehead atoms. The lowest BCUT2D eigenvalue weighted by Gasteiger charge is -2.19. The van der Waals surface area contributed by atoms with Crippen LogP contribution in [0.5, 0.6) is 5.75 Å². The highest BCUT2D eigenvalue weighted by Crippen LogP contribution is 2.35. The molecule has 0 aliphatic rings. The Morgan fingerprint density at radius 1 is 1.00 bits per heavy atom. The van der Waals surface area contributed by atoms with Gasteiger partial charge in [0.25, 0.3) is 0 Å². The SMILES string of the molecule is CC(C)(C)c1ccc(CC(=O)N/N=C\c2cc(Br)c(OCc3ccc(Cl)cc3)c(Br)c2)cc1. The third-order valence-electron chi connectivity index (χ3n) is 4.90. The fourth-order valence-electron chi connectivity index (χ4n) is 3.05. The summed E-state index contributed by atoms with van der Waals surface area (Å²) in [6.45, 7) is 6.91. The van der Waals surface area contributed by atoms with E-state index in [0.717, 1.165) is 25.6 Å². The molecule has 4 nitrogen and oxygen atoms in total. The molecule has 3 rings (SSSR count). The third-order valence-corrected chi connectivity index (χ3v) is 6.33. The van der Waals surface area contributed by atoms with Crippen molar-refractivity contribution in [2.45, 2.75) is 39.2 Å². The molecular weight excluding hydrogens is 568 g/mol. The molecule has 3 aromatic carbocycles. The zero-order chi connectivity index (χ0) is 24.0. The van der Waals surface area contributed by atoms with Crippen LogP contribution in [0.4, 0.5) is 0 Å². The summed E-state index contributed by atoms with van der Waals surface area (Å²) < 4.78 is 7.49. The van der Waals surface area contributed by atoms with Crippen LogP contribution in [0.3, 0.4) is 0 Å². The number of ether oxygens (including phenoxy) is 1. The van der Waals surface area contributed by atoms with E-state index in [2.05, 4.69) is 75.3 Å². The van der Waals surface area contributed by atoms with Crippen molar-refractivity contribution in [3.63, 3.8) is 0 Å². The van der Waals surface area contributed by atoms with E-state index in [4.69, 9.17) is 16.3 Å². The molecule has 1 N–H and O–H groups in total. The molecule has 0 radical (unpaired) electrons. The van der Waals surface area contributed by atoms with Crippen molar-refractivity contribution in [3.05, 3.63) is 96.9 Å². The number of benzene rings is 3. The zero-order valence-corrected chi connectivity index (χ0v) is 22.6. The van der Waals surface area contributed by atoms with Crippen molar-refractivity contribution in [2.75, 3.05) is 0 Å². The van der Waals surface area contributed by atoms with Crippen molar-refractivity contribution < 1.29 is 9.53 Å². The lowest BCUT2D eigenvalue weighted by Crippen LogP contribution is -2.20. The molecule has 172 valence electrons. The second-order valence-corrected chi connectivity index (χ2v) is 10.8. The fourth-order valence-corrected chi connectivity index (χ4v) is 4.63. The first-order valence-electron chi connectivity index (χ1n) is 10.4. The van der Waals surface area contributed by atoms with Gasteiger partial charge in [-0.3, -0.25) is 4.79 Å². The Hall–Kier alpha value is -2.15. The quantitative estimate of drug-likeness (QED) is 0.229. The predicted molar refractivity (Wildman–Crippen MR) is 142 cm³/mol. The standard InChI is InChI=1S/C26H25Br2ClN2O2/c1-26(2,3)20-8-4-17(5-9-20)14-24(32)31-30-15-19-12-22(27)25(23(28)13-19)33-16-18-6-10-21(29)11-7-18/h4-13,15H,14,16H2,1-3H3,(H,31,32)/b30-15-. The second kappa shape index (κ2) is 11.3. The van der Waals surface area contributed by atoms with Crippen molar-refractivity contribution in [1.82, 2.24) is 5.43 Å². The Morgan fingerprint density at radius 3 is 2.15 bits per heavy atom. The lowest BCUT2D eigenvalue weighted by atomic mass is 9.86. The number of amides is 1. The van der Waals surface area contributed by atoms with Crippen LogP contribution in [0, 0.1) is 0 Å². The van der Waals surface area contributed by atoms with Crippen molar-refractivity contribution >= 4 is 55.6 Å². The molecule has 0 unspecified atom stereocenters. The van der Waals surface area contributed by atoms with E-state index in [9.17, 15) is 4.79 Å². The maximum absolute atomic E-state index is 12.2. The van der Waals surface area contributed by atoms with Gasteiger partial charge in [-0.1, -0.05) is 68.8 Å². The number of carbonyl (C=O) groups is 1. The maximum atomic E-state index is 12.2. The Morgan fingerprint density at radius 2 is 1.58 bits per heavy atom. The minimum absolute atomic E-state index is 0.0874. The topological polar surface area (TPSA) is 50.7 Å². The number of halogens is 3. The summed E-state index contributed by atoms with van der Waals surface area (Å²) in [7, 11) is 0. The van der Waals surface area contributed by atoms with E-state index in [1.807, 2.05) is 48.5 Å². The Labute approximate surface area is 216 Å². The third kappa shape index (κ3) is 7.70. The van der Waals surface area contributed by atoms with Crippen molar-refractivity contribution in [3.8, 4) is 5.75 Å². The van der Waals surface area contributed by atoms with Gasteiger partial charge in [-0.2, -0.15) is 5.10 Å². The molecule has 0 aromatic heterocycles. The molecule has 0 saturated carbocycles. The summed E-state index contributed by atoms with van der Waals surface area (Å²) in [6, 6.07) is 19.4. The first-order valence-corrected chi connectivity index (χ1v) is 12.4. The molecule has 0 aliphatic heterocycles. The van der Waals surface area contributed by atoms with E-state index in [1.165, 1.54) is 5.56 Å². The molecule has 0 saturated heterocycles. The molecule has 0 spiro atoms. The van der Waals surface area contributed by atoms with Crippen LogP contribution >= 0.6 is 43.5 Å². The largest absolute Gasteiger partial charge is 0.487 e. The molecule has 1 amide bonds. The molecule has 33 heavy (non-hydrogen) atoms. The van der Waals surface area contributed by atoms with E-state index in [1.54, 1.807) is 6.21 Å². The summed E-state index contributed by atoms with van der Waals surface area (Å²) in [6.07, 6.45) is 1.87. The fraction of sp³-hybridized carbons (Fsp3) is 0.231. The molecule has 0 atom stereocenters. The first kappa shape index (κ1) is 25.5. The van der Waals surface area contributed by atoms with E-state index in [-0.39, 0.29) is 17.7 Å². The van der Waals surface area contributed by atoms with Crippen LogP contribution in [-0.4, -0.2) is 12.1 Å². The summed E-state index contributed by atoms with van der Waals surface area (Å²) in [5.41, 5.74) is 6.68. The van der Waals surface area contributed by atoms with Gasteiger partial charge in [0.2, 0.25) is 5.91 Å². The molecule has 0 heterocycles. The second-order valence-electron chi connectivity index (χ2n) is 8.65. The van der Waals surface area contributed by atoms with Crippen LogP contribution in [0.25, 0.3) is 0 Å². The molecular formula is C26H25Br2ClN2O2. The van der Waals surface area contributed by atoms with Gasteiger partial charge in [-0.15, -0.1) is 0 Å². The minimum Gasteiger partial charge on any atom is -0.487 e. The molecule has 3 aromatic rings. The highest BCUT2D eigenvalue weighted by molar-refractivity contribution is 9.11. The number of nitrogens with zero attached hydrogens (tertiary/aromatic N) is 1. The summed E-state index contributed by atoms with van der Waals surface area (Å²) >= 11 is 13.0. The molecule has 0 aliphatic carbocycles. The summed E-state index contributed by atoms with van der Waals surface area (Å²) in [4.78, 5) is 12.2. The predicted octanol–water partition coefficient (Wildman–Crippen LogP) is 7.43. The van der Waals surface area contributed by atoms with E-state index in [0.29, 0.717) is 17.4 Å². The van der Waals surface area contributed by atoms with Gasteiger partial charge in [0.1, 0.15) is 12.4 Å². The summed E-state index contributed by atoms with van der Waals surface area (Å²) in [5, 5.41) is 4.78. The van der Waals surface area contributed by atoms with Gasteiger partial charge < -0.3 is 4.74 Å². The normalized spacial score (nSPS) is 11.6. The average Bonchev–Trinajstić information content (AvgIpc) is 2.74. The monoisotopic (exact) mass is 590 g/mol. The van der Waals surface area contributed by atoms with Gasteiger partial charge >= 0.3 is 0 Å². The highest BCUT2D eigenvalue weighted by atomic mass is 79.9. The van der Waals surface area contributed by atoms with E-state index < -0.39 is 0 Å². The summed E-state index contributed by atoms with van der Waals surface area (Å²) in [5.74, 6) is 0.514. The number of carbonyl (C=O) groups excluding carboxylic acids is 1. The van der Waals surface area contributed by atoms with Crippen LogP contribution in [0.15, 0.2) is 74.7 Å². The highest BCUT2D eigenvalue weighted by Gasteiger charge is 2.13. The number of hydrazone groups is 1. The van der Waals surface area contributed by atoms with Crippen LogP contribution < -0.4 is 10.2 Å². The number of rotatable bonds is 7. The van der Waals surface area contributed by atoms with Gasteiger partial charge in [-0.25, -0.2) is 5.43 Å². The number of hydrogen-bond donors (Lipinski definition) is 1. The van der Waals surface area contributed by atoms with Gasteiger partial charge in [0.05, 0.1) is 21.6 Å². The molecule has 7 heteroatoms. The Kier molecular flexibility index (Phi) is 8.74. The molecule has 0 fully saturated rings. The van der Waals surface area contributed by atoms with Crippen LogP contribution in [0.1, 0.15) is 43.0 Å². The smallest absolute Gasteiger partial charge is 0.244 e. The first-order chi connectivity index (χ1) is 15.6. The Balaban J connectivity index is 1.56. The lowest BCUT2D eigenvalue weighted by molar-refractivity contribution is -0.120. The van der Waals surface area contributed by atoms with Gasteiger partial charge in [-0.05, 0) is 83.8 Å². The van der Waals surface area contributed by atoms with E-state index >= 15 is 0 Å². The van der Waals surface area contributed by atoms with Crippen molar-refractivity contribution in [1.29, 1.82) is 0 Å². The number of hydrogen-bond acceptors (Lipinski definition) is 3. The minimum atomic E-state index is -0.171. The van der Waals surface area contributed by atoms with Crippen LogP contribution in [-0.2, 0) is 23.2 Å². The average molecular weight is 593 g/mol. The van der Waals surface area contributed by atoms with Crippen LogP contribution in [0.2, 0.25) is 5.02 Å². The van der Waals surface area contributed by atoms with Crippen molar-refractivity contribution in [2.24, 2.45) is 5.10 Å². The van der Waals surface area contributed by atoms with Gasteiger partial charge in [0.15, 0.2) is 0 Å². The maximum Gasteiger partial charge on any atom is 0.244 e. The van der Waals surface area contributed by atoms with Gasteiger partial charge in [0, 0.05) is 5.02 Å². The Bertz CT molecular complexity index is 1120. The number of nitrogens with one attached hydrogen (secondary N) is 1. The zero-order valence-electron chi connectivity index (χ0n) is 18.7.